The Balaban J connectivity index is 1.47. The van der Waals surface area contributed by atoms with E-state index in [0.717, 1.165) is 23.1 Å². The molecule has 0 saturated heterocycles. The summed E-state index contributed by atoms with van der Waals surface area (Å²) in [6.07, 6.45) is 6.85. The monoisotopic (exact) mass is 640 g/mol. The molecule has 0 radical (unpaired) electrons. The summed E-state index contributed by atoms with van der Waals surface area (Å²) in [5.74, 6) is -3.36. The third-order valence-corrected chi connectivity index (χ3v) is 8.10. The molecule has 0 aliphatic carbocycles. The molecule has 4 atom stereocenters. The minimum Gasteiger partial charge on any atom is -0.463 e. The molecule has 47 heavy (non-hydrogen) atoms. The number of nitrogens with one attached hydrogen (secondary N) is 2. The average Bonchev–Trinajstić information content (AvgIpc) is 3.09. The van der Waals surface area contributed by atoms with Crippen LogP contribution >= 0.6 is 0 Å². The van der Waals surface area contributed by atoms with Gasteiger partial charge in [-0.25, -0.2) is 4.79 Å². The Morgan fingerprint density at radius 2 is 1.51 bits per heavy atom. The second-order valence-electron chi connectivity index (χ2n) is 11.8. The molecule has 0 saturated carbocycles. The number of carbonyl (C=O) groups is 4. The normalized spacial score (nSPS) is 19.8. The van der Waals surface area contributed by atoms with E-state index in [1.165, 1.54) is 0 Å². The molecule has 1 aliphatic heterocycles. The largest absolute Gasteiger partial charge is 0.463 e. The summed E-state index contributed by atoms with van der Waals surface area (Å²) in [4.78, 5) is 53.3. The smallest absolute Gasteiger partial charge is 0.332 e. The molecule has 0 spiro atoms. The summed E-state index contributed by atoms with van der Waals surface area (Å²) < 4.78 is 11.2. The maximum atomic E-state index is 13.6. The second kappa shape index (κ2) is 19.0. The maximum Gasteiger partial charge on any atom is 0.332 e. The first-order chi connectivity index (χ1) is 22.9. The summed E-state index contributed by atoms with van der Waals surface area (Å²) in [6.45, 7) is -0.680. The van der Waals surface area contributed by atoms with Crippen molar-refractivity contribution in [3.63, 3.8) is 0 Å². The van der Waals surface area contributed by atoms with Gasteiger partial charge < -0.3 is 25.2 Å². The summed E-state index contributed by atoms with van der Waals surface area (Å²) in [5, 5.41) is 15.4. The van der Waals surface area contributed by atoms with Crippen molar-refractivity contribution in [2.75, 3.05) is 13.2 Å². The van der Waals surface area contributed by atoms with Crippen LogP contribution in [0.3, 0.4) is 0 Å². The number of cyclic esters (lactones) is 1. The lowest BCUT2D eigenvalue weighted by Crippen LogP contribution is -2.48. The zero-order valence-electron chi connectivity index (χ0n) is 26.6. The van der Waals surface area contributed by atoms with Gasteiger partial charge in [-0.1, -0.05) is 103 Å². The number of hydrogen-bond donors (Lipinski definition) is 3. The number of carbonyl (C=O) groups excluding carboxylic acids is 4. The van der Waals surface area contributed by atoms with Gasteiger partial charge in [-0.15, -0.1) is 0 Å². The number of esters is 2. The third-order valence-electron chi connectivity index (χ3n) is 8.10. The van der Waals surface area contributed by atoms with E-state index in [0.29, 0.717) is 25.7 Å². The molecule has 248 valence electrons. The molecule has 4 rings (SSSR count). The minimum absolute atomic E-state index is 0.0187. The SMILES string of the molecule is O=C(CC1CC=CCCCC(Cc2ccccc2)C(=O)OCC(C(=O)OCc2ccccc2)NC1=O)NC(CO)Cc1ccccc1. The molecule has 9 heteroatoms. The number of aliphatic hydroxyl groups excluding tert-OH is 1. The van der Waals surface area contributed by atoms with Gasteiger partial charge in [-0.2, -0.15) is 0 Å². The van der Waals surface area contributed by atoms with Crippen LogP contribution in [0.5, 0.6) is 0 Å². The lowest BCUT2D eigenvalue weighted by atomic mass is 9.93. The van der Waals surface area contributed by atoms with Crippen molar-refractivity contribution in [1.82, 2.24) is 10.6 Å². The van der Waals surface area contributed by atoms with E-state index < -0.39 is 54.3 Å². The van der Waals surface area contributed by atoms with Crippen LogP contribution in [0.4, 0.5) is 0 Å². The summed E-state index contributed by atoms with van der Waals surface area (Å²) in [5.41, 5.74) is 2.73. The van der Waals surface area contributed by atoms with Gasteiger partial charge in [0, 0.05) is 6.42 Å². The molecular weight excluding hydrogens is 596 g/mol. The number of ether oxygens (including phenoxy) is 2. The lowest BCUT2D eigenvalue weighted by Gasteiger charge is -2.23. The molecule has 4 unspecified atom stereocenters. The van der Waals surface area contributed by atoms with Crippen LogP contribution in [0.25, 0.3) is 0 Å². The molecule has 0 fully saturated rings. The summed E-state index contributed by atoms with van der Waals surface area (Å²) in [6, 6.07) is 26.5. The molecule has 3 aromatic rings. The van der Waals surface area contributed by atoms with Gasteiger partial charge in [-0.3, -0.25) is 14.4 Å². The molecule has 0 aromatic heterocycles. The van der Waals surface area contributed by atoms with Gasteiger partial charge in [0.05, 0.1) is 24.5 Å². The van der Waals surface area contributed by atoms with E-state index in [1.54, 1.807) is 0 Å². The fourth-order valence-corrected chi connectivity index (χ4v) is 5.49. The standard InChI is InChI=1S/C38H44N2O7/c41-25-33(23-29-16-8-4-9-17-29)39-35(42)24-31-20-12-1-2-13-21-32(22-28-14-6-3-7-15-28)37(44)47-27-34(40-36(31)43)38(45)46-26-30-18-10-5-11-19-30/h1,3-12,14-19,31-34,41H,2,13,20-27H2,(H,39,42)(H,40,43). The van der Waals surface area contributed by atoms with Gasteiger partial charge >= 0.3 is 11.9 Å². The van der Waals surface area contributed by atoms with Gasteiger partial charge in [0.2, 0.25) is 11.8 Å². The van der Waals surface area contributed by atoms with E-state index in [2.05, 4.69) is 10.6 Å². The minimum atomic E-state index is -1.27. The van der Waals surface area contributed by atoms with Crippen molar-refractivity contribution < 1.29 is 33.8 Å². The number of benzene rings is 3. The van der Waals surface area contributed by atoms with Crippen molar-refractivity contribution in [3.05, 3.63) is 120 Å². The molecule has 1 aliphatic rings. The van der Waals surface area contributed by atoms with Crippen molar-refractivity contribution in [3.8, 4) is 0 Å². The first kappa shape index (κ1) is 35.1. The topological polar surface area (TPSA) is 131 Å². The lowest BCUT2D eigenvalue weighted by molar-refractivity contribution is -0.157. The second-order valence-corrected chi connectivity index (χ2v) is 11.8. The summed E-state index contributed by atoms with van der Waals surface area (Å²) >= 11 is 0. The zero-order valence-corrected chi connectivity index (χ0v) is 26.6. The van der Waals surface area contributed by atoms with E-state index in [4.69, 9.17) is 9.47 Å². The number of allylic oxidation sites excluding steroid dienone is 2. The maximum absolute atomic E-state index is 13.6. The highest BCUT2D eigenvalue weighted by Gasteiger charge is 2.31. The van der Waals surface area contributed by atoms with E-state index in [-0.39, 0.29) is 26.1 Å². The van der Waals surface area contributed by atoms with E-state index >= 15 is 0 Å². The highest BCUT2D eigenvalue weighted by atomic mass is 16.6. The van der Waals surface area contributed by atoms with Crippen LogP contribution < -0.4 is 10.6 Å². The Kier molecular flexibility index (Phi) is 14.2. The van der Waals surface area contributed by atoms with Crippen LogP contribution in [-0.4, -0.2) is 54.2 Å². The Bertz CT molecular complexity index is 1450. The van der Waals surface area contributed by atoms with Crippen LogP contribution in [0.2, 0.25) is 0 Å². The highest BCUT2D eigenvalue weighted by molar-refractivity contribution is 5.89. The van der Waals surface area contributed by atoms with Gasteiger partial charge in [0.15, 0.2) is 6.04 Å². The number of amides is 2. The molecule has 3 N–H and O–H groups in total. The predicted octanol–water partition coefficient (Wildman–Crippen LogP) is 4.47. The van der Waals surface area contributed by atoms with Crippen molar-refractivity contribution in [1.29, 1.82) is 0 Å². The average molecular weight is 641 g/mol. The van der Waals surface area contributed by atoms with Crippen LogP contribution in [0.1, 0.15) is 48.8 Å². The Morgan fingerprint density at radius 3 is 2.17 bits per heavy atom. The fourth-order valence-electron chi connectivity index (χ4n) is 5.49. The van der Waals surface area contributed by atoms with Gasteiger partial charge in [-0.05, 0) is 55.2 Å². The summed E-state index contributed by atoms with van der Waals surface area (Å²) in [7, 11) is 0. The Labute approximate surface area is 276 Å². The third kappa shape index (κ3) is 12.2. The van der Waals surface area contributed by atoms with Crippen molar-refractivity contribution in [2.45, 2.75) is 63.6 Å². The quantitative estimate of drug-likeness (QED) is 0.208. The zero-order chi connectivity index (χ0) is 33.3. The molecule has 3 aromatic carbocycles. The molecule has 0 bridgehead atoms. The van der Waals surface area contributed by atoms with Gasteiger partial charge in [0.25, 0.3) is 0 Å². The van der Waals surface area contributed by atoms with Crippen molar-refractivity contribution >= 4 is 23.8 Å². The molecule has 2 amide bonds. The first-order valence-electron chi connectivity index (χ1n) is 16.2. The molecule has 9 nitrogen and oxygen atoms in total. The molecular formula is C38H44N2O7. The molecule has 1 heterocycles. The van der Waals surface area contributed by atoms with Crippen LogP contribution in [0.15, 0.2) is 103 Å². The Hall–Kier alpha value is -4.76. The van der Waals surface area contributed by atoms with Crippen LogP contribution in [-0.2, 0) is 48.1 Å². The van der Waals surface area contributed by atoms with Crippen LogP contribution in [0, 0.1) is 11.8 Å². The van der Waals surface area contributed by atoms with E-state index in [1.807, 2.05) is 103 Å². The fraction of sp³-hybridized carbons (Fsp3) is 0.368. The van der Waals surface area contributed by atoms with E-state index in [9.17, 15) is 24.3 Å². The predicted molar refractivity (Wildman–Crippen MR) is 178 cm³/mol. The van der Waals surface area contributed by atoms with Crippen molar-refractivity contribution in [2.24, 2.45) is 11.8 Å². The highest BCUT2D eigenvalue weighted by Crippen LogP contribution is 2.20. The first-order valence-corrected chi connectivity index (χ1v) is 16.2. The Morgan fingerprint density at radius 1 is 0.872 bits per heavy atom. The number of rotatable bonds is 11. The van der Waals surface area contributed by atoms with Gasteiger partial charge in [0.1, 0.15) is 13.2 Å². The number of hydrogen-bond acceptors (Lipinski definition) is 7. The number of aliphatic hydroxyl groups is 1.